The van der Waals surface area contributed by atoms with Gasteiger partial charge in [0.05, 0.1) is 22.9 Å². The Hall–Kier alpha value is -3.74. The molecule has 0 bridgehead atoms. The van der Waals surface area contributed by atoms with Crippen molar-refractivity contribution in [2.24, 2.45) is 0 Å². The summed E-state index contributed by atoms with van der Waals surface area (Å²) in [6.07, 6.45) is 0.697. The van der Waals surface area contributed by atoms with E-state index >= 15 is 0 Å². The molecule has 3 aromatic carbocycles. The van der Waals surface area contributed by atoms with Gasteiger partial charge in [-0.3, -0.25) is 4.79 Å². The Morgan fingerprint density at radius 2 is 1.58 bits per heavy atom. The SMILES string of the molecule is COCc1nc(-c2ccccc2)nc(N2CCN(C(=O)c3ccccc3Cl)CC2)c1Cc1ccc(C)cc1. The summed E-state index contributed by atoms with van der Waals surface area (Å²) < 4.78 is 5.59. The molecule has 7 heteroatoms. The quantitative estimate of drug-likeness (QED) is 0.304. The number of piperazine rings is 1. The lowest BCUT2D eigenvalue weighted by atomic mass is 10.0. The predicted octanol–water partition coefficient (Wildman–Crippen LogP) is 5.81. The minimum Gasteiger partial charge on any atom is -0.378 e. The molecule has 1 aliphatic heterocycles. The molecule has 1 saturated heterocycles. The predicted molar refractivity (Wildman–Crippen MR) is 152 cm³/mol. The van der Waals surface area contributed by atoms with Crippen molar-refractivity contribution in [2.75, 3.05) is 38.2 Å². The molecule has 1 aromatic heterocycles. The molecule has 1 aliphatic rings. The summed E-state index contributed by atoms with van der Waals surface area (Å²) in [5.41, 5.74) is 5.85. The first-order valence-corrected chi connectivity index (χ1v) is 13.2. The molecule has 1 amide bonds. The fraction of sp³-hybridized carbons (Fsp3) is 0.258. The van der Waals surface area contributed by atoms with Crippen LogP contribution < -0.4 is 4.90 Å². The topological polar surface area (TPSA) is 58.6 Å². The van der Waals surface area contributed by atoms with Crippen molar-refractivity contribution in [3.8, 4) is 11.4 Å². The number of aryl methyl sites for hydroxylation is 1. The Morgan fingerprint density at radius 1 is 0.895 bits per heavy atom. The number of methoxy groups -OCH3 is 1. The number of hydrogen-bond donors (Lipinski definition) is 0. The zero-order chi connectivity index (χ0) is 26.5. The van der Waals surface area contributed by atoms with E-state index < -0.39 is 0 Å². The second kappa shape index (κ2) is 11.8. The van der Waals surface area contributed by atoms with Gasteiger partial charge in [-0.05, 0) is 24.6 Å². The highest BCUT2D eigenvalue weighted by Crippen LogP contribution is 2.30. The van der Waals surface area contributed by atoms with Gasteiger partial charge in [0.2, 0.25) is 0 Å². The maximum absolute atomic E-state index is 13.2. The van der Waals surface area contributed by atoms with Crippen LogP contribution in [0.2, 0.25) is 5.02 Å². The summed E-state index contributed by atoms with van der Waals surface area (Å²) in [4.78, 5) is 27.3. The maximum atomic E-state index is 13.2. The summed E-state index contributed by atoms with van der Waals surface area (Å²) in [6.45, 7) is 4.97. The Labute approximate surface area is 228 Å². The van der Waals surface area contributed by atoms with Crippen molar-refractivity contribution >= 4 is 23.3 Å². The number of nitrogens with zero attached hydrogens (tertiary/aromatic N) is 4. The molecular formula is C31H31ClN4O2. The van der Waals surface area contributed by atoms with Crippen LogP contribution in [-0.4, -0.2) is 54.1 Å². The zero-order valence-electron chi connectivity index (χ0n) is 21.7. The van der Waals surface area contributed by atoms with Crippen LogP contribution in [0.25, 0.3) is 11.4 Å². The standard InChI is InChI=1S/C31H31ClN4O2/c1-22-12-14-23(15-13-22)20-26-28(21-38-2)33-29(24-8-4-3-5-9-24)34-30(26)35-16-18-36(19-17-35)31(37)25-10-6-7-11-27(25)32/h3-15H,16-21H2,1-2H3. The normalized spacial score (nSPS) is 13.6. The van der Waals surface area contributed by atoms with E-state index in [1.165, 1.54) is 11.1 Å². The Bertz CT molecular complexity index is 1400. The highest BCUT2D eigenvalue weighted by atomic mass is 35.5. The van der Waals surface area contributed by atoms with E-state index in [0.717, 1.165) is 22.6 Å². The van der Waals surface area contributed by atoms with Gasteiger partial charge in [-0.2, -0.15) is 0 Å². The van der Waals surface area contributed by atoms with Crippen molar-refractivity contribution in [2.45, 2.75) is 20.0 Å². The second-order valence-electron chi connectivity index (χ2n) is 9.52. The summed E-state index contributed by atoms with van der Waals surface area (Å²) in [5, 5.41) is 0.479. The van der Waals surface area contributed by atoms with Crippen molar-refractivity contribution in [3.63, 3.8) is 0 Å². The molecule has 0 saturated carbocycles. The molecule has 0 radical (unpaired) electrons. The molecular weight excluding hydrogens is 496 g/mol. The van der Waals surface area contributed by atoms with Gasteiger partial charge in [-0.15, -0.1) is 0 Å². The third-order valence-corrected chi connectivity index (χ3v) is 7.19. The van der Waals surface area contributed by atoms with Crippen LogP contribution in [-0.2, 0) is 17.8 Å². The first-order valence-electron chi connectivity index (χ1n) is 12.8. The third-order valence-electron chi connectivity index (χ3n) is 6.86. The molecule has 5 rings (SSSR count). The molecule has 1 fully saturated rings. The van der Waals surface area contributed by atoms with Crippen molar-refractivity contribution in [3.05, 3.63) is 112 Å². The lowest BCUT2D eigenvalue weighted by molar-refractivity contribution is 0.0746. The van der Waals surface area contributed by atoms with Gasteiger partial charge in [0, 0.05) is 50.8 Å². The van der Waals surface area contributed by atoms with E-state index in [2.05, 4.69) is 36.1 Å². The molecule has 194 valence electrons. The third kappa shape index (κ3) is 5.72. The number of carbonyl (C=O) groups excluding carboxylic acids is 1. The van der Waals surface area contributed by atoms with Crippen LogP contribution in [0.3, 0.4) is 0 Å². The first kappa shape index (κ1) is 25.9. The summed E-state index contributed by atoms with van der Waals surface area (Å²) >= 11 is 6.31. The molecule has 6 nitrogen and oxygen atoms in total. The van der Waals surface area contributed by atoms with Crippen LogP contribution in [0.15, 0.2) is 78.9 Å². The Kier molecular flexibility index (Phi) is 8.01. The number of hydrogen-bond acceptors (Lipinski definition) is 5. The van der Waals surface area contributed by atoms with Crippen molar-refractivity contribution in [1.82, 2.24) is 14.9 Å². The van der Waals surface area contributed by atoms with Gasteiger partial charge in [0.1, 0.15) is 5.82 Å². The molecule has 2 heterocycles. The number of halogens is 1. The van der Waals surface area contributed by atoms with Crippen LogP contribution >= 0.6 is 11.6 Å². The van der Waals surface area contributed by atoms with E-state index in [1.807, 2.05) is 47.4 Å². The van der Waals surface area contributed by atoms with Crippen LogP contribution in [0, 0.1) is 6.92 Å². The number of carbonyl (C=O) groups is 1. The van der Waals surface area contributed by atoms with Crippen molar-refractivity contribution in [1.29, 1.82) is 0 Å². The molecule has 0 aliphatic carbocycles. The van der Waals surface area contributed by atoms with Gasteiger partial charge >= 0.3 is 0 Å². The first-order chi connectivity index (χ1) is 18.5. The Balaban J connectivity index is 1.49. The van der Waals surface area contributed by atoms with E-state index in [0.29, 0.717) is 55.6 Å². The second-order valence-corrected chi connectivity index (χ2v) is 9.92. The van der Waals surface area contributed by atoms with Crippen LogP contribution in [0.1, 0.15) is 32.7 Å². The van der Waals surface area contributed by atoms with Gasteiger partial charge in [0.25, 0.3) is 5.91 Å². The van der Waals surface area contributed by atoms with Gasteiger partial charge in [0.15, 0.2) is 5.82 Å². The number of amides is 1. The molecule has 4 aromatic rings. The fourth-order valence-corrected chi connectivity index (χ4v) is 4.99. The minimum atomic E-state index is -0.0390. The molecule has 0 atom stereocenters. The monoisotopic (exact) mass is 526 g/mol. The van der Waals surface area contributed by atoms with Crippen LogP contribution in [0.5, 0.6) is 0 Å². The molecule has 38 heavy (non-hydrogen) atoms. The Morgan fingerprint density at radius 3 is 2.26 bits per heavy atom. The highest BCUT2D eigenvalue weighted by Gasteiger charge is 2.27. The van der Waals surface area contributed by atoms with Crippen LogP contribution in [0.4, 0.5) is 5.82 Å². The maximum Gasteiger partial charge on any atom is 0.255 e. The molecule has 0 spiro atoms. The highest BCUT2D eigenvalue weighted by molar-refractivity contribution is 6.33. The van der Waals surface area contributed by atoms with Gasteiger partial charge in [-0.25, -0.2) is 9.97 Å². The number of rotatable bonds is 7. The summed E-state index contributed by atoms with van der Waals surface area (Å²) in [7, 11) is 1.69. The van der Waals surface area contributed by atoms with Gasteiger partial charge < -0.3 is 14.5 Å². The number of aromatic nitrogens is 2. The lowest BCUT2D eigenvalue weighted by Gasteiger charge is -2.37. The minimum absolute atomic E-state index is 0.0390. The molecule has 0 N–H and O–H groups in total. The summed E-state index contributed by atoms with van der Waals surface area (Å²) in [5.74, 6) is 1.54. The fourth-order valence-electron chi connectivity index (χ4n) is 4.77. The van der Waals surface area contributed by atoms with Gasteiger partial charge in [-0.1, -0.05) is 83.9 Å². The average Bonchev–Trinajstić information content (AvgIpc) is 2.95. The number of benzene rings is 3. The van der Waals surface area contributed by atoms with E-state index in [9.17, 15) is 4.79 Å². The smallest absolute Gasteiger partial charge is 0.255 e. The van der Waals surface area contributed by atoms with E-state index in [1.54, 1.807) is 19.2 Å². The lowest BCUT2D eigenvalue weighted by Crippen LogP contribution is -2.49. The average molecular weight is 527 g/mol. The largest absolute Gasteiger partial charge is 0.378 e. The molecule has 0 unspecified atom stereocenters. The van der Waals surface area contributed by atoms with E-state index in [4.69, 9.17) is 26.3 Å². The number of ether oxygens (including phenoxy) is 1. The number of anilines is 1. The van der Waals surface area contributed by atoms with Crippen molar-refractivity contribution < 1.29 is 9.53 Å². The summed E-state index contributed by atoms with van der Waals surface area (Å²) in [6, 6.07) is 25.8. The zero-order valence-corrected chi connectivity index (χ0v) is 22.5. The van der Waals surface area contributed by atoms with E-state index in [-0.39, 0.29) is 5.91 Å².